The summed E-state index contributed by atoms with van der Waals surface area (Å²) in [6.45, 7) is 2.93. The number of nitrogens with zero attached hydrogens (tertiary/aromatic N) is 3. The summed E-state index contributed by atoms with van der Waals surface area (Å²) < 4.78 is 34.5. The fraction of sp³-hybridized carbons (Fsp3) is 0.414. The number of hydrogen-bond donors (Lipinski definition) is 4. The highest BCUT2D eigenvalue weighted by atomic mass is 79.9. The molecule has 0 saturated heterocycles. The Kier molecular flexibility index (Phi) is 7.30. The van der Waals surface area contributed by atoms with Gasteiger partial charge in [0.05, 0.1) is 18.3 Å². The van der Waals surface area contributed by atoms with Crippen LogP contribution in [0.25, 0.3) is 10.9 Å². The molecule has 6 rings (SSSR count). The number of amides is 1. The van der Waals surface area contributed by atoms with Crippen LogP contribution in [0.1, 0.15) is 39.0 Å². The summed E-state index contributed by atoms with van der Waals surface area (Å²) in [4.78, 5) is 18.1. The molecule has 11 nitrogen and oxygen atoms in total. The Labute approximate surface area is 254 Å². The minimum absolute atomic E-state index is 0.150. The van der Waals surface area contributed by atoms with Gasteiger partial charge in [0.2, 0.25) is 5.91 Å². The average molecular weight is 659 g/mol. The molecular weight excluding hydrogens is 622 g/mol. The van der Waals surface area contributed by atoms with Gasteiger partial charge in [-0.25, -0.2) is 12.4 Å². The minimum Gasteiger partial charge on any atom is -0.495 e. The maximum atomic E-state index is 13.6. The monoisotopic (exact) mass is 657 g/mol. The fourth-order valence-corrected chi connectivity index (χ4v) is 8.79. The predicted molar refractivity (Wildman–Crippen MR) is 165 cm³/mol. The number of nitrogens with one attached hydrogen (secondary N) is 3. The van der Waals surface area contributed by atoms with E-state index < -0.39 is 15.9 Å². The Morgan fingerprint density at radius 1 is 1.17 bits per heavy atom. The molecule has 1 unspecified atom stereocenters. The van der Waals surface area contributed by atoms with Crippen LogP contribution in [0.3, 0.4) is 0 Å². The molecule has 2 aliphatic heterocycles. The van der Waals surface area contributed by atoms with E-state index in [1.807, 2.05) is 11.9 Å². The molecular formula is C29H36BrN7O4S. The lowest BCUT2D eigenvalue weighted by Gasteiger charge is -2.52. The van der Waals surface area contributed by atoms with Crippen LogP contribution in [0.4, 0.5) is 5.69 Å². The number of anilines is 1. The number of rotatable bonds is 7. The molecule has 0 spiro atoms. The molecule has 1 aliphatic carbocycles. The lowest BCUT2D eigenvalue weighted by molar-refractivity contribution is -0.123. The van der Waals surface area contributed by atoms with Gasteiger partial charge in [0.15, 0.2) is 0 Å². The van der Waals surface area contributed by atoms with E-state index in [1.54, 1.807) is 42.5 Å². The SMILES string of the molecule is CCC1CN(C)C2=C(N[C@@](N)(Nc3cc4ccn(S(=O)(=O)c5ccccc5Br)c4cc3OC)NC2=O)N1C1CCCC1. The van der Waals surface area contributed by atoms with Gasteiger partial charge in [0.25, 0.3) is 15.9 Å². The molecule has 3 aliphatic rings. The van der Waals surface area contributed by atoms with E-state index in [4.69, 9.17) is 10.5 Å². The summed E-state index contributed by atoms with van der Waals surface area (Å²) >= 11 is 3.36. The van der Waals surface area contributed by atoms with Crippen molar-refractivity contribution in [3.05, 3.63) is 64.7 Å². The van der Waals surface area contributed by atoms with E-state index in [2.05, 4.69) is 43.7 Å². The van der Waals surface area contributed by atoms with E-state index in [0.717, 1.165) is 31.6 Å². The molecule has 5 N–H and O–H groups in total. The van der Waals surface area contributed by atoms with Crippen LogP contribution in [0.15, 0.2) is 69.5 Å². The second kappa shape index (κ2) is 10.7. The second-order valence-corrected chi connectivity index (χ2v) is 13.8. The van der Waals surface area contributed by atoms with Gasteiger partial charge in [0, 0.05) is 47.8 Å². The Morgan fingerprint density at radius 3 is 2.60 bits per heavy atom. The summed E-state index contributed by atoms with van der Waals surface area (Å²) in [5.41, 5.74) is 8.33. The summed E-state index contributed by atoms with van der Waals surface area (Å²) in [6.07, 6.45) is 6.95. The standard InChI is InChI=1S/C29H36BrN7O4S/c1-4-19-17-35(2)26-27(37(19)20-9-5-6-10-20)33-29(31,34-28(26)38)32-22-15-18-13-14-36(23(18)16-24(22)41-3)42(39,40)25-12-8-7-11-21(25)30/h7-8,11-16,19-20,32-33H,4-6,9-10,17,31H2,1-3H3,(H,34,38)/t19?,29-/m1/s1. The molecule has 0 bridgehead atoms. The molecule has 13 heteroatoms. The summed E-state index contributed by atoms with van der Waals surface area (Å²) in [6, 6.07) is 12.4. The van der Waals surface area contributed by atoms with Gasteiger partial charge in [-0.05, 0) is 59.5 Å². The third-order valence-corrected chi connectivity index (χ3v) is 11.2. The zero-order valence-corrected chi connectivity index (χ0v) is 26.3. The number of fused-ring (bicyclic) bond motifs is 1. The molecule has 3 heterocycles. The van der Waals surface area contributed by atoms with Gasteiger partial charge in [0.1, 0.15) is 22.2 Å². The van der Waals surface area contributed by atoms with E-state index >= 15 is 0 Å². The zero-order valence-electron chi connectivity index (χ0n) is 23.9. The first-order chi connectivity index (χ1) is 20.1. The number of methoxy groups -OCH3 is 1. The Hall–Kier alpha value is -3.42. The van der Waals surface area contributed by atoms with Crippen molar-refractivity contribution in [1.82, 2.24) is 24.4 Å². The van der Waals surface area contributed by atoms with Gasteiger partial charge in [-0.15, -0.1) is 0 Å². The predicted octanol–water partition coefficient (Wildman–Crippen LogP) is 3.49. The third kappa shape index (κ3) is 4.77. The highest BCUT2D eigenvalue weighted by molar-refractivity contribution is 9.10. The molecule has 2 atom stereocenters. The third-order valence-electron chi connectivity index (χ3n) is 8.45. The van der Waals surface area contributed by atoms with Crippen molar-refractivity contribution in [3.63, 3.8) is 0 Å². The number of carbonyl (C=O) groups excluding carboxylic acids is 1. The van der Waals surface area contributed by atoms with Crippen LogP contribution in [-0.2, 0) is 14.8 Å². The lowest BCUT2D eigenvalue weighted by Crippen LogP contribution is -2.76. The van der Waals surface area contributed by atoms with Crippen molar-refractivity contribution in [2.24, 2.45) is 5.73 Å². The van der Waals surface area contributed by atoms with Gasteiger partial charge < -0.3 is 25.2 Å². The first kappa shape index (κ1) is 28.7. The molecule has 1 aromatic heterocycles. The highest BCUT2D eigenvalue weighted by Crippen LogP contribution is 2.37. The Morgan fingerprint density at radius 2 is 1.90 bits per heavy atom. The molecule has 224 valence electrons. The summed E-state index contributed by atoms with van der Waals surface area (Å²) in [7, 11) is -0.456. The van der Waals surface area contributed by atoms with Crippen LogP contribution in [-0.4, -0.2) is 66.8 Å². The number of aromatic nitrogens is 1. The largest absolute Gasteiger partial charge is 0.495 e. The normalized spacial score (nSPS) is 23.2. The van der Waals surface area contributed by atoms with Crippen molar-refractivity contribution in [2.75, 3.05) is 26.0 Å². The molecule has 1 fully saturated rings. The van der Waals surface area contributed by atoms with Crippen molar-refractivity contribution in [3.8, 4) is 5.75 Å². The smallest absolute Gasteiger partial charge is 0.275 e. The van der Waals surface area contributed by atoms with E-state index in [9.17, 15) is 13.2 Å². The van der Waals surface area contributed by atoms with Crippen molar-refractivity contribution in [2.45, 2.75) is 61.9 Å². The molecule has 42 heavy (non-hydrogen) atoms. The van der Waals surface area contributed by atoms with Crippen molar-refractivity contribution >= 4 is 48.5 Å². The summed E-state index contributed by atoms with van der Waals surface area (Å²) in [5.74, 6) is -0.713. The first-order valence-corrected chi connectivity index (χ1v) is 16.4. The Balaban J connectivity index is 1.36. The van der Waals surface area contributed by atoms with Gasteiger partial charge in [-0.2, -0.15) is 0 Å². The maximum absolute atomic E-state index is 13.6. The second-order valence-electron chi connectivity index (χ2n) is 11.2. The van der Waals surface area contributed by atoms with Gasteiger partial charge >= 0.3 is 0 Å². The zero-order chi connectivity index (χ0) is 29.8. The maximum Gasteiger partial charge on any atom is 0.275 e. The molecule has 0 radical (unpaired) electrons. The van der Waals surface area contributed by atoms with Gasteiger partial charge in [-0.3, -0.25) is 15.8 Å². The fourth-order valence-electron chi connectivity index (χ4n) is 6.48. The molecule has 1 amide bonds. The van der Waals surface area contributed by atoms with Crippen LogP contribution in [0.2, 0.25) is 0 Å². The van der Waals surface area contributed by atoms with E-state index in [0.29, 0.717) is 38.6 Å². The van der Waals surface area contributed by atoms with Crippen LogP contribution < -0.4 is 26.4 Å². The number of benzene rings is 2. The van der Waals surface area contributed by atoms with E-state index in [1.165, 1.54) is 30.1 Å². The number of hydrogen-bond acceptors (Lipinski definition) is 9. The average Bonchev–Trinajstić information content (AvgIpc) is 3.62. The van der Waals surface area contributed by atoms with Crippen molar-refractivity contribution < 1.29 is 17.9 Å². The van der Waals surface area contributed by atoms with Crippen LogP contribution in [0, 0.1) is 0 Å². The highest BCUT2D eigenvalue weighted by Gasteiger charge is 2.46. The van der Waals surface area contributed by atoms with Crippen LogP contribution >= 0.6 is 15.9 Å². The topological polar surface area (TPSA) is 134 Å². The van der Waals surface area contributed by atoms with Crippen LogP contribution in [0.5, 0.6) is 5.75 Å². The number of ether oxygens (including phenoxy) is 1. The number of halogens is 1. The summed E-state index contributed by atoms with van der Waals surface area (Å²) in [5, 5.41) is 10.2. The van der Waals surface area contributed by atoms with E-state index in [-0.39, 0.29) is 16.8 Å². The number of nitrogens with two attached hydrogens (primary N) is 1. The minimum atomic E-state index is -3.89. The first-order valence-electron chi connectivity index (χ1n) is 14.2. The molecule has 3 aromatic rings. The number of carbonyl (C=O) groups is 1. The Bertz CT molecular complexity index is 1680. The molecule has 2 aromatic carbocycles. The molecule has 1 saturated carbocycles. The number of likely N-dealkylation sites (N-methyl/N-ethyl adjacent to an activating group) is 1. The quantitative estimate of drug-likeness (QED) is 0.282. The lowest BCUT2D eigenvalue weighted by atomic mass is 10.0. The van der Waals surface area contributed by atoms with Gasteiger partial charge in [-0.1, -0.05) is 31.9 Å². The van der Waals surface area contributed by atoms with Crippen molar-refractivity contribution in [1.29, 1.82) is 0 Å².